The Morgan fingerprint density at radius 1 is 1.58 bits per heavy atom. The van der Waals surface area contributed by atoms with Crippen LogP contribution in [0.1, 0.15) is 12.8 Å². The lowest BCUT2D eigenvalue weighted by atomic mass is 10.4. The number of carbonyl (C=O) groups is 1. The largest absolute Gasteiger partial charge is 0.464 e. The first-order valence-electron chi connectivity index (χ1n) is 3.92. The Labute approximate surface area is 72.7 Å². The minimum atomic E-state index is -0.477. The van der Waals surface area contributed by atoms with Crippen LogP contribution in [0.4, 0.5) is 0 Å². The molecule has 1 heterocycles. The maximum absolute atomic E-state index is 9.98. The molecule has 0 atom stereocenters. The summed E-state index contributed by atoms with van der Waals surface area (Å²) in [7, 11) is 1.26. The van der Waals surface area contributed by atoms with Crippen molar-refractivity contribution in [2.45, 2.75) is 12.8 Å². The average Bonchev–Trinajstić information content (AvgIpc) is 2.62. The fourth-order valence-corrected chi connectivity index (χ4v) is 0.754. The van der Waals surface area contributed by atoms with Crippen LogP contribution in [0.2, 0.25) is 0 Å². The van der Waals surface area contributed by atoms with Gasteiger partial charge in [0.05, 0.1) is 7.11 Å². The molecule has 0 radical (unpaired) electrons. The van der Waals surface area contributed by atoms with Gasteiger partial charge >= 0.3 is 12.5 Å². The summed E-state index contributed by atoms with van der Waals surface area (Å²) in [4.78, 5) is 12.8. The number of esters is 1. The average molecular weight is 170 g/mol. The predicted molar refractivity (Wildman–Crippen MR) is 45.6 cm³/mol. The molecule has 1 aliphatic heterocycles. The molecule has 1 aliphatic rings. The van der Waals surface area contributed by atoms with Crippen molar-refractivity contribution >= 4 is 5.97 Å². The van der Waals surface area contributed by atoms with Gasteiger partial charge < -0.3 is 14.9 Å². The molecule has 1 rings (SSSR count). The third kappa shape index (κ3) is 7.03. The number of methoxy groups -OCH3 is 1. The number of nitrogens with one attached hydrogen (secondary N) is 1. The standard InChI is InChI=1S/C4H5NO2.C4H9N/c1-5-3-4(6)7-2;1-2-4-5-3-1/h3H2,2H3;5H,1-4H2. The molecular weight excluding hydrogens is 156 g/mol. The third-order valence-electron chi connectivity index (χ3n) is 1.39. The second-order valence-corrected chi connectivity index (χ2v) is 2.35. The van der Waals surface area contributed by atoms with Crippen LogP contribution in [0.25, 0.3) is 4.85 Å². The van der Waals surface area contributed by atoms with E-state index in [-0.39, 0.29) is 6.54 Å². The monoisotopic (exact) mass is 170 g/mol. The number of ether oxygens (including phenoxy) is 1. The van der Waals surface area contributed by atoms with Gasteiger partial charge in [0.25, 0.3) is 0 Å². The lowest BCUT2D eigenvalue weighted by Gasteiger charge is -1.83. The maximum Gasteiger partial charge on any atom is 0.386 e. The number of hydrogen-bond donors (Lipinski definition) is 1. The lowest BCUT2D eigenvalue weighted by molar-refractivity contribution is -0.138. The zero-order chi connectivity index (χ0) is 9.23. The van der Waals surface area contributed by atoms with Crippen LogP contribution in [0.3, 0.4) is 0 Å². The van der Waals surface area contributed by atoms with Gasteiger partial charge in [0.1, 0.15) is 0 Å². The van der Waals surface area contributed by atoms with Gasteiger partial charge in [-0.05, 0) is 25.9 Å². The van der Waals surface area contributed by atoms with Crippen LogP contribution < -0.4 is 5.32 Å². The highest BCUT2D eigenvalue weighted by atomic mass is 16.5. The van der Waals surface area contributed by atoms with Crippen molar-refractivity contribution in [2.24, 2.45) is 0 Å². The summed E-state index contributed by atoms with van der Waals surface area (Å²) in [6.45, 7) is 8.49. The van der Waals surface area contributed by atoms with E-state index in [1.165, 1.54) is 33.0 Å². The SMILES string of the molecule is C1CCNC1.[C-]#[N+]CC(=O)OC. The Bertz CT molecular complexity index is 151. The van der Waals surface area contributed by atoms with E-state index in [9.17, 15) is 4.79 Å². The van der Waals surface area contributed by atoms with E-state index in [4.69, 9.17) is 6.57 Å². The van der Waals surface area contributed by atoms with Crippen LogP contribution in [-0.2, 0) is 9.53 Å². The molecule has 0 aromatic carbocycles. The molecule has 1 N–H and O–H groups in total. The smallest absolute Gasteiger partial charge is 0.386 e. The van der Waals surface area contributed by atoms with E-state index in [0.29, 0.717) is 0 Å². The van der Waals surface area contributed by atoms with Gasteiger partial charge in [0.15, 0.2) is 0 Å². The zero-order valence-corrected chi connectivity index (χ0v) is 7.30. The summed E-state index contributed by atoms with van der Waals surface area (Å²) in [6, 6.07) is 0. The Morgan fingerprint density at radius 3 is 2.33 bits per heavy atom. The molecule has 0 amide bonds. The molecule has 0 aromatic rings. The van der Waals surface area contributed by atoms with Crippen molar-refractivity contribution in [1.82, 2.24) is 5.32 Å². The Balaban J connectivity index is 0.000000211. The van der Waals surface area contributed by atoms with E-state index < -0.39 is 5.97 Å². The molecule has 4 heteroatoms. The first-order valence-corrected chi connectivity index (χ1v) is 3.92. The molecule has 1 fully saturated rings. The third-order valence-corrected chi connectivity index (χ3v) is 1.39. The number of hydrogen-bond acceptors (Lipinski definition) is 3. The molecule has 12 heavy (non-hydrogen) atoms. The minimum Gasteiger partial charge on any atom is -0.464 e. The van der Waals surface area contributed by atoms with Crippen LogP contribution in [0, 0.1) is 6.57 Å². The number of nitrogens with zero attached hydrogens (tertiary/aromatic N) is 1. The molecule has 0 unspecified atom stereocenters. The van der Waals surface area contributed by atoms with E-state index in [1.807, 2.05) is 0 Å². The van der Waals surface area contributed by atoms with Crippen molar-refractivity contribution in [3.63, 3.8) is 0 Å². The van der Waals surface area contributed by atoms with Crippen LogP contribution in [0.5, 0.6) is 0 Å². The molecule has 1 saturated heterocycles. The van der Waals surface area contributed by atoms with Crippen molar-refractivity contribution in [2.75, 3.05) is 26.7 Å². The minimum absolute atomic E-state index is 0.170. The van der Waals surface area contributed by atoms with Crippen molar-refractivity contribution < 1.29 is 9.53 Å². The van der Waals surface area contributed by atoms with E-state index >= 15 is 0 Å². The van der Waals surface area contributed by atoms with Crippen LogP contribution in [-0.4, -0.2) is 32.7 Å². The van der Waals surface area contributed by atoms with E-state index in [0.717, 1.165) is 0 Å². The Morgan fingerprint density at radius 2 is 2.17 bits per heavy atom. The first kappa shape index (κ1) is 10.9. The van der Waals surface area contributed by atoms with Gasteiger partial charge in [-0.25, -0.2) is 11.4 Å². The summed E-state index contributed by atoms with van der Waals surface area (Å²) < 4.78 is 4.14. The Hall–Kier alpha value is -1.08. The summed E-state index contributed by atoms with van der Waals surface area (Å²) in [5.41, 5.74) is 0. The molecule has 0 bridgehead atoms. The van der Waals surface area contributed by atoms with Crippen LogP contribution in [0.15, 0.2) is 0 Å². The highest BCUT2D eigenvalue weighted by molar-refractivity contribution is 5.72. The number of rotatable bonds is 1. The molecular formula is C8H14N2O2. The summed E-state index contributed by atoms with van der Waals surface area (Å²) in [5.74, 6) is -0.477. The van der Waals surface area contributed by atoms with E-state index in [1.54, 1.807) is 0 Å². The van der Waals surface area contributed by atoms with E-state index in [2.05, 4.69) is 14.9 Å². The number of carbonyl (C=O) groups excluding carboxylic acids is 1. The summed E-state index contributed by atoms with van der Waals surface area (Å²) in [6.07, 6.45) is 2.78. The Kier molecular flexibility index (Phi) is 7.30. The summed E-state index contributed by atoms with van der Waals surface area (Å²) in [5, 5.41) is 3.22. The molecule has 4 nitrogen and oxygen atoms in total. The fraction of sp³-hybridized carbons (Fsp3) is 0.750. The quantitative estimate of drug-likeness (QED) is 0.459. The van der Waals surface area contributed by atoms with Crippen molar-refractivity contribution in [3.8, 4) is 0 Å². The zero-order valence-electron chi connectivity index (χ0n) is 7.30. The highest BCUT2D eigenvalue weighted by Crippen LogP contribution is 1.90. The molecule has 0 aliphatic carbocycles. The second kappa shape index (κ2) is 8.02. The van der Waals surface area contributed by atoms with Gasteiger partial charge in [-0.15, -0.1) is 0 Å². The maximum atomic E-state index is 9.98. The fourth-order valence-electron chi connectivity index (χ4n) is 0.754. The first-order chi connectivity index (χ1) is 5.81. The lowest BCUT2D eigenvalue weighted by Crippen LogP contribution is -2.03. The van der Waals surface area contributed by atoms with Gasteiger partial charge in [-0.2, -0.15) is 0 Å². The van der Waals surface area contributed by atoms with Crippen molar-refractivity contribution in [1.29, 1.82) is 0 Å². The molecule has 0 aromatic heterocycles. The molecule has 0 spiro atoms. The molecule has 0 saturated carbocycles. The van der Waals surface area contributed by atoms with Gasteiger partial charge in [0.2, 0.25) is 0 Å². The topological polar surface area (TPSA) is 42.7 Å². The van der Waals surface area contributed by atoms with Gasteiger partial charge in [-0.3, -0.25) is 0 Å². The highest BCUT2D eigenvalue weighted by Gasteiger charge is 1.98. The van der Waals surface area contributed by atoms with Gasteiger partial charge in [-0.1, -0.05) is 0 Å². The second-order valence-electron chi connectivity index (χ2n) is 2.35. The van der Waals surface area contributed by atoms with Gasteiger partial charge in [0, 0.05) is 0 Å². The van der Waals surface area contributed by atoms with Crippen molar-refractivity contribution in [3.05, 3.63) is 11.4 Å². The normalized spacial score (nSPS) is 14.0. The molecule has 68 valence electrons. The van der Waals surface area contributed by atoms with Crippen LogP contribution >= 0.6 is 0 Å². The summed E-state index contributed by atoms with van der Waals surface area (Å²) >= 11 is 0. The predicted octanol–water partition coefficient (Wildman–Crippen LogP) is 0.448.